The van der Waals surface area contributed by atoms with Crippen LogP contribution in [0.25, 0.3) is 10.9 Å². The van der Waals surface area contributed by atoms with Crippen LogP contribution in [0.2, 0.25) is 0 Å². The first kappa shape index (κ1) is 16.1. The lowest BCUT2D eigenvalue weighted by Gasteiger charge is -2.22. The molecule has 2 aliphatic rings. The number of rotatable bonds is 2. The van der Waals surface area contributed by atoms with Gasteiger partial charge in [0.25, 0.3) is 5.91 Å². The van der Waals surface area contributed by atoms with Gasteiger partial charge in [0.15, 0.2) is 0 Å². The number of carbonyl (C=O) groups is 2. The minimum Gasteiger partial charge on any atom is -0.361 e. The summed E-state index contributed by atoms with van der Waals surface area (Å²) in [5.74, 6) is 0.554. The molecule has 2 aromatic carbocycles. The Labute approximate surface area is 157 Å². The number of H-pyrrole nitrogens is 1. The normalized spacial score (nSPS) is 23.3. The Balaban J connectivity index is 1.46. The van der Waals surface area contributed by atoms with E-state index in [9.17, 15) is 9.59 Å². The van der Waals surface area contributed by atoms with Crippen LogP contribution in [-0.2, 0) is 4.79 Å². The summed E-state index contributed by atoms with van der Waals surface area (Å²) in [6.07, 6.45) is 1.87. The van der Waals surface area contributed by atoms with E-state index in [4.69, 9.17) is 0 Å². The quantitative estimate of drug-likeness (QED) is 0.738. The average Bonchev–Trinajstić information content (AvgIpc) is 3.37. The predicted octanol–water partition coefficient (Wildman–Crippen LogP) is 3.21. The number of amides is 2. The molecular formula is C22H21N3O2. The molecule has 5 heteroatoms. The van der Waals surface area contributed by atoms with Crippen molar-refractivity contribution >= 4 is 22.7 Å². The van der Waals surface area contributed by atoms with E-state index in [0.717, 1.165) is 17.4 Å². The van der Waals surface area contributed by atoms with Gasteiger partial charge >= 0.3 is 0 Å². The van der Waals surface area contributed by atoms with Crippen molar-refractivity contribution in [2.24, 2.45) is 5.92 Å². The number of carbonyl (C=O) groups excluding carboxylic acids is 2. The highest BCUT2D eigenvalue weighted by Crippen LogP contribution is 2.49. The van der Waals surface area contributed by atoms with Crippen LogP contribution in [0, 0.1) is 5.92 Å². The van der Waals surface area contributed by atoms with Gasteiger partial charge in [-0.15, -0.1) is 0 Å². The van der Waals surface area contributed by atoms with Gasteiger partial charge in [0, 0.05) is 54.5 Å². The summed E-state index contributed by atoms with van der Waals surface area (Å²) in [4.78, 5) is 29.9. The number of hydrogen-bond donors (Lipinski definition) is 2. The Kier molecular flexibility index (Phi) is 3.57. The van der Waals surface area contributed by atoms with Gasteiger partial charge in [-0.2, -0.15) is 0 Å². The van der Waals surface area contributed by atoms with E-state index in [1.807, 2.05) is 47.5 Å². The summed E-state index contributed by atoms with van der Waals surface area (Å²) in [6, 6.07) is 15.9. The van der Waals surface area contributed by atoms with Gasteiger partial charge in [-0.1, -0.05) is 24.3 Å². The summed E-state index contributed by atoms with van der Waals surface area (Å²) < 4.78 is 0. The molecule has 2 amide bonds. The third-order valence-electron chi connectivity index (χ3n) is 6.07. The fraction of sp³-hybridized carbons (Fsp3) is 0.273. The predicted molar refractivity (Wildman–Crippen MR) is 103 cm³/mol. The summed E-state index contributed by atoms with van der Waals surface area (Å²) in [7, 11) is 0. The fourth-order valence-electron chi connectivity index (χ4n) is 4.72. The zero-order valence-corrected chi connectivity index (χ0v) is 15.1. The molecule has 1 aromatic heterocycles. The van der Waals surface area contributed by atoms with Crippen molar-refractivity contribution < 1.29 is 9.59 Å². The molecule has 0 radical (unpaired) electrons. The minimum atomic E-state index is -0.0696. The molecule has 0 unspecified atom stereocenters. The second-order valence-corrected chi connectivity index (χ2v) is 7.55. The fourth-order valence-corrected chi connectivity index (χ4v) is 4.72. The minimum absolute atomic E-state index is 0.0648. The maximum atomic E-state index is 13.0. The SMILES string of the molecule is CC(=O)N1C[C@H]2[C@@H](C1)c1ccccc1[C@@H]2NC(=O)c1ccc2[nH]ccc2c1. The lowest BCUT2D eigenvalue weighted by molar-refractivity contribution is -0.128. The molecule has 2 heterocycles. The van der Waals surface area contributed by atoms with Gasteiger partial charge < -0.3 is 15.2 Å². The molecule has 27 heavy (non-hydrogen) atoms. The van der Waals surface area contributed by atoms with Gasteiger partial charge in [0.2, 0.25) is 5.91 Å². The first-order chi connectivity index (χ1) is 13.1. The molecule has 5 nitrogen and oxygen atoms in total. The molecule has 0 bridgehead atoms. The maximum Gasteiger partial charge on any atom is 0.251 e. The Bertz CT molecular complexity index is 1050. The Hall–Kier alpha value is -3.08. The second kappa shape index (κ2) is 5.98. The van der Waals surface area contributed by atoms with Crippen LogP contribution >= 0.6 is 0 Å². The topological polar surface area (TPSA) is 65.2 Å². The smallest absolute Gasteiger partial charge is 0.251 e. The van der Waals surface area contributed by atoms with Crippen LogP contribution in [-0.4, -0.2) is 34.8 Å². The highest BCUT2D eigenvalue weighted by Gasteiger charge is 2.47. The summed E-state index contributed by atoms with van der Waals surface area (Å²) >= 11 is 0. The summed E-state index contributed by atoms with van der Waals surface area (Å²) in [5, 5.41) is 4.28. The van der Waals surface area contributed by atoms with Crippen LogP contribution in [0.15, 0.2) is 54.7 Å². The van der Waals surface area contributed by atoms with Gasteiger partial charge in [-0.3, -0.25) is 9.59 Å². The highest BCUT2D eigenvalue weighted by atomic mass is 16.2. The van der Waals surface area contributed by atoms with Gasteiger partial charge in [-0.25, -0.2) is 0 Å². The van der Waals surface area contributed by atoms with E-state index in [-0.39, 0.29) is 23.8 Å². The van der Waals surface area contributed by atoms with E-state index >= 15 is 0 Å². The lowest BCUT2D eigenvalue weighted by atomic mass is 9.94. The van der Waals surface area contributed by atoms with E-state index in [1.54, 1.807) is 6.92 Å². The largest absolute Gasteiger partial charge is 0.361 e. The molecule has 3 aromatic rings. The number of fused-ring (bicyclic) bond motifs is 4. The number of aromatic nitrogens is 1. The number of nitrogens with zero attached hydrogens (tertiary/aromatic N) is 1. The number of aromatic amines is 1. The van der Waals surface area contributed by atoms with Crippen LogP contribution in [0.3, 0.4) is 0 Å². The van der Waals surface area contributed by atoms with Crippen molar-refractivity contribution in [2.75, 3.05) is 13.1 Å². The van der Waals surface area contributed by atoms with E-state index in [2.05, 4.69) is 22.4 Å². The number of likely N-dealkylation sites (tertiary alicyclic amines) is 1. The average molecular weight is 359 g/mol. The lowest BCUT2D eigenvalue weighted by Crippen LogP contribution is -2.34. The van der Waals surface area contributed by atoms with Crippen LogP contribution in [0.4, 0.5) is 0 Å². The molecule has 0 saturated carbocycles. The summed E-state index contributed by atoms with van der Waals surface area (Å²) in [6.45, 7) is 3.04. The van der Waals surface area contributed by atoms with E-state index in [0.29, 0.717) is 18.0 Å². The summed E-state index contributed by atoms with van der Waals surface area (Å²) in [5.41, 5.74) is 4.12. The zero-order chi connectivity index (χ0) is 18.5. The van der Waals surface area contributed by atoms with Crippen LogP contribution in [0.5, 0.6) is 0 Å². The molecule has 0 spiro atoms. The molecule has 1 fully saturated rings. The van der Waals surface area contributed by atoms with E-state index in [1.165, 1.54) is 11.1 Å². The molecule has 5 rings (SSSR count). The van der Waals surface area contributed by atoms with Crippen molar-refractivity contribution in [3.63, 3.8) is 0 Å². The van der Waals surface area contributed by atoms with Gasteiger partial charge in [0.05, 0.1) is 6.04 Å². The molecule has 136 valence electrons. The first-order valence-electron chi connectivity index (χ1n) is 9.34. The Morgan fingerprint density at radius 3 is 2.70 bits per heavy atom. The van der Waals surface area contributed by atoms with Crippen molar-refractivity contribution in [3.8, 4) is 0 Å². The van der Waals surface area contributed by atoms with Crippen molar-refractivity contribution in [1.29, 1.82) is 0 Å². The Morgan fingerprint density at radius 1 is 1.07 bits per heavy atom. The molecule has 3 atom stereocenters. The van der Waals surface area contributed by atoms with Gasteiger partial charge in [-0.05, 0) is 35.4 Å². The number of hydrogen-bond acceptors (Lipinski definition) is 2. The van der Waals surface area contributed by atoms with Gasteiger partial charge in [0.1, 0.15) is 0 Å². The monoisotopic (exact) mass is 359 g/mol. The van der Waals surface area contributed by atoms with Crippen LogP contribution < -0.4 is 5.32 Å². The van der Waals surface area contributed by atoms with Crippen molar-refractivity contribution in [3.05, 3.63) is 71.4 Å². The van der Waals surface area contributed by atoms with Crippen molar-refractivity contribution in [1.82, 2.24) is 15.2 Å². The molecule has 1 saturated heterocycles. The zero-order valence-electron chi connectivity index (χ0n) is 15.1. The van der Waals surface area contributed by atoms with E-state index < -0.39 is 0 Å². The van der Waals surface area contributed by atoms with Crippen molar-refractivity contribution in [2.45, 2.75) is 18.9 Å². The highest BCUT2D eigenvalue weighted by molar-refractivity contribution is 5.98. The third kappa shape index (κ3) is 2.53. The van der Waals surface area contributed by atoms with Crippen LogP contribution in [0.1, 0.15) is 40.4 Å². The first-order valence-corrected chi connectivity index (χ1v) is 9.34. The molecular weight excluding hydrogens is 338 g/mol. The second-order valence-electron chi connectivity index (χ2n) is 7.55. The molecule has 1 aliphatic heterocycles. The molecule has 2 N–H and O–H groups in total. The standard InChI is InChI=1S/C22H21N3O2/c1-13(26)25-11-18-16-4-2-3-5-17(16)21(19(18)12-25)24-22(27)15-6-7-20-14(10-15)8-9-23-20/h2-10,18-19,21,23H,11-12H2,1H3,(H,24,27)/t18-,19-,21-/m0/s1. The maximum absolute atomic E-state index is 13.0. The third-order valence-corrected chi connectivity index (χ3v) is 6.07. The Morgan fingerprint density at radius 2 is 1.89 bits per heavy atom. The number of nitrogens with one attached hydrogen (secondary N) is 2. The molecule has 1 aliphatic carbocycles. The number of benzene rings is 2.